The molecular weight excluding hydrogens is 180 g/mol. The quantitative estimate of drug-likeness (QED) is 0.731. The van der Waals surface area contributed by atoms with Gasteiger partial charge in [-0.3, -0.25) is 0 Å². The molecule has 0 aromatic heterocycles. The van der Waals surface area contributed by atoms with Crippen LogP contribution < -0.4 is 0 Å². The van der Waals surface area contributed by atoms with E-state index >= 15 is 0 Å². The van der Waals surface area contributed by atoms with Crippen molar-refractivity contribution in [3.05, 3.63) is 30.3 Å². The zero-order chi connectivity index (χ0) is 9.52. The van der Waals surface area contributed by atoms with Gasteiger partial charge in [0.25, 0.3) is 0 Å². The number of benzene rings is 1. The van der Waals surface area contributed by atoms with Crippen molar-refractivity contribution >= 4 is 11.8 Å². The van der Waals surface area contributed by atoms with Gasteiger partial charge < -0.3 is 5.11 Å². The van der Waals surface area contributed by atoms with Gasteiger partial charge in [0.05, 0.1) is 0 Å². The molecule has 1 N–H and O–H groups in total. The van der Waals surface area contributed by atoms with E-state index in [4.69, 9.17) is 5.11 Å². The molecule has 0 bridgehead atoms. The van der Waals surface area contributed by atoms with Gasteiger partial charge in [0.15, 0.2) is 0 Å². The van der Waals surface area contributed by atoms with Crippen LogP contribution in [0.4, 0.5) is 0 Å². The molecule has 0 aliphatic carbocycles. The first kappa shape index (κ1) is 10.6. The summed E-state index contributed by atoms with van der Waals surface area (Å²) >= 11 is 1.86. The summed E-state index contributed by atoms with van der Waals surface area (Å²) < 4.78 is 0. The lowest BCUT2D eigenvalue weighted by Crippen LogP contribution is -2.00. The topological polar surface area (TPSA) is 20.2 Å². The van der Waals surface area contributed by atoms with Crippen molar-refractivity contribution in [2.45, 2.75) is 18.2 Å². The molecule has 2 heteroatoms. The normalized spacial score (nSPS) is 12.8. The van der Waals surface area contributed by atoms with Crippen LogP contribution in [0, 0.1) is 5.92 Å². The van der Waals surface area contributed by atoms with E-state index in [1.807, 2.05) is 17.8 Å². The second-order valence-electron chi connectivity index (χ2n) is 3.24. The average molecular weight is 196 g/mol. The Kier molecular flexibility index (Phi) is 4.94. The minimum atomic E-state index is 0.302. The summed E-state index contributed by atoms with van der Waals surface area (Å²) in [5.74, 6) is 1.68. The molecule has 1 atom stereocenters. The molecule has 0 aliphatic rings. The van der Waals surface area contributed by atoms with Crippen LogP contribution in [0.15, 0.2) is 35.2 Å². The van der Waals surface area contributed by atoms with E-state index in [-0.39, 0.29) is 0 Å². The molecule has 0 aliphatic heterocycles. The highest BCUT2D eigenvalue weighted by atomic mass is 32.2. The summed E-state index contributed by atoms with van der Waals surface area (Å²) in [4.78, 5) is 1.31. The van der Waals surface area contributed by atoms with Gasteiger partial charge in [-0.25, -0.2) is 0 Å². The fourth-order valence-electron chi connectivity index (χ4n) is 1.06. The molecule has 0 radical (unpaired) electrons. The molecule has 0 saturated heterocycles. The van der Waals surface area contributed by atoms with Crippen LogP contribution in [0.2, 0.25) is 0 Å². The Hall–Kier alpha value is -0.470. The SMILES string of the molecule is CC(CCO)CSc1ccccc1. The maximum atomic E-state index is 8.72. The van der Waals surface area contributed by atoms with Crippen molar-refractivity contribution in [3.8, 4) is 0 Å². The molecule has 1 aromatic carbocycles. The van der Waals surface area contributed by atoms with E-state index in [1.54, 1.807) is 0 Å². The van der Waals surface area contributed by atoms with E-state index in [1.165, 1.54) is 4.90 Å². The van der Waals surface area contributed by atoms with E-state index in [9.17, 15) is 0 Å². The first-order chi connectivity index (χ1) is 6.33. The number of rotatable bonds is 5. The van der Waals surface area contributed by atoms with Gasteiger partial charge in [-0.05, 0) is 24.5 Å². The molecule has 1 nitrogen and oxygen atoms in total. The minimum absolute atomic E-state index is 0.302. The summed E-state index contributed by atoms with van der Waals surface area (Å²) in [7, 11) is 0. The van der Waals surface area contributed by atoms with Gasteiger partial charge in [0, 0.05) is 17.3 Å². The second kappa shape index (κ2) is 6.06. The molecule has 1 rings (SSSR count). The average Bonchev–Trinajstić information content (AvgIpc) is 2.17. The number of thioether (sulfide) groups is 1. The molecule has 0 amide bonds. The Balaban J connectivity index is 2.27. The Labute approximate surface area is 84.2 Å². The lowest BCUT2D eigenvalue weighted by Gasteiger charge is -2.08. The fourth-order valence-corrected chi connectivity index (χ4v) is 2.05. The monoisotopic (exact) mass is 196 g/mol. The van der Waals surface area contributed by atoms with Crippen molar-refractivity contribution < 1.29 is 5.11 Å². The first-order valence-corrected chi connectivity index (χ1v) is 5.60. The first-order valence-electron chi connectivity index (χ1n) is 4.61. The van der Waals surface area contributed by atoms with Crippen LogP contribution in [0.5, 0.6) is 0 Å². The Morgan fingerprint density at radius 1 is 1.31 bits per heavy atom. The van der Waals surface area contributed by atoms with Crippen molar-refractivity contribution in [2.24, 2.45) is 5.92 Å². The highest BCUT2D eigenvalue weighted by molar-refractivity contribution is 7.99. The zero-order valence-electron chi connectivity index (χ0n) is 7.94. The number of aliphatic hydroxyl groups is 1. The van der Waals surface area contributed by atoms with Crippen LogP contribution in [-0.2, 0) is 0 Å². The van der Waals surface area contributed by atoms with Crippen molar-refractivity contribution in [2.75, 3.05) is 12.4 Å². The van der Waals surface area contributed by atoms with Gasteiger partial charge >= 0.3 is 0 Å². The lowest BCUT2D eigenvalue weighted by atomic mass is 10.1. The van der Waals surface area contributed by atoms with Crippen LogP contribution in [0.3, 0.4) is 0 Å². The van der Waals surface area contributed by atoms with E-state index < -0.39 is 0 Å². The molecular formula is C11H16OS. The van der Waals surface area contributed by atoms with Crippen molar-refractivity contribution in [3.63, 3.8) is 0 Å². The van der Waals surface area contributed by atoms with E-state index in [2.05, 4.69) is 31.2 Å². The molecule has 0 spiro atoms. The summed E-state index contributed by atoms with van der Waals surface area (Å²) in [6.07, 6.45) is 0.903. The van der Waals surface area contributed by atoms with Crippen LogP contribution in [0.25, 0.3) is 0 Å². The van der Waals surface area contributed by atoms with Crippen molar-refractivity contribution in [1.29, 1.82) is 0 Å². The molecule has 1 unspecified atom stereocenters. The van der Waals surface area contributed by atoms with Crippen LogP contribution in [-0.4, -0.2) is 17.5 Å². The summed E-state index contributed by atoms with van der Waals surface area (Å²) in [5.41, 5.74) is 0. The fraction of sp³-hybridized carbons (Fsp3) is 0.455. The molecule has 13 heavy (non-hydrogen) atoms. The molecule has 0 saturated carbocycles. The molecule has 0 fully saturated rings. The van der Waals surface area contributed by atoms with Crippen LogP contribution in [0.1, 0.15) is 13.3 Å². The highest BCUT2D eigenvalue weighted by Crippen LogP contribution is 2.20. The van der Waals surface area contributed by atoms with Crippen LogP contribution >= 0.6 is 11.8 Å². The van der Waals surface area contributed by atoms with Crippen molar-refractivity contribution in [1.82, 2.24) is 0 Å². The second-order valence-corrected chi connectivity index (χ2v) is 4.33. The third kappa shape index (κ3) is 4.34. The molecule has 0 heterocycles. The van der Waals surface area contributed by atoms with Gasteiger partial charge in [0.2, 0.25) is 0 Å². The summed E-state index contributed by atoms with van der Waals surface area (Å²) in [6, 6.07) is 10.4. The zero-order valence-corrected chi connectivity index (χ0v) is 8.76. The maximum absolute atomic E-state index is 8.72. The molecule has 1 aromatic rings. The Morgan fingerprint density at radius 2 is 2.00 bits per heavy atom. The number of hydrogen-bond donors (Lipinski definition) is 1. The third-order valence-electron chi connectivity index (χ3n) is 1.90. The third-order valence-corrected chi connectivity index (χ3v) is 3.24. The number of hydrogen-bond acceptors (Lipinski definition) is 2. The minimum Gasteiger partial charge on any atom is -0.396 e. The van der Waals surface area contributed by atoms with Gasteiger partial charge in [0.1, 0.15) is 0 Å². The Bertz CT molecular complexity index is 223. The Morgan fingerprint density at radius 3 is 2.62 bits per heavy atom. The van der Waals surface area contributed by atoms with Gasteiger partial charge in [-0.1, -0.05) is 25.1 Å². The van der Waals surface area contributed by atoms with Gasteiger partial charge in [-0.15, -0.1) is 11.8 Å². The smallest absolute Gasteiger partial charge is 0.0433 e. The predicted octanol–water partition coefficient (Wildman–Crippen LogP) is 2.80. The van der Waals surface area contributed by atoms with E-state index in [0.29, 0.717) is 12.5 Å². The standard InChI is InChI=1S/C11H16OS/c1-10(7-8-12)9-13-11-5-3-2-4-6-11/h2-6,10,12H,7-9H2,1H3. The summed E-state index contributed by atoms with van der Waals surface area (Å²) in [5, 5.41) is 8.72. The largest absolute Gasteiger partial charge is 0.396 e. The summed E-state index contributed by atoms with van der Waals surface area (Å²) in [6.45, 7) is 2.47. The number of aliphatic hydroxyl groups excluding tert-OH is 1. The van der Waals surface area contributed by atoms with Gasteiger partial charge in [-0.2, -0.15) is 0 Å². The predicted molar refractivity (Wildman–Crippen MR) is 58.0 cm³/mol. The highest BCUT2D eigenvalue weighted by Gasteiger charge is 2.01. The maximum Gasteiger partial charge on any atom is 0.0433 e. The lowest BCUT2D eigenvalue weighted by molar-refractivity contribution is 0.269. The molecule has 72 valence electrons. The van der Waals surface area contributed by atoms with E-state index in [0.717, 1.165) is 12.2 Å².